The summed E-state index contributed by atoms with van der Waals surface area (Å²) in [7, 11) is 0. The molecule has 104 valence electrons. The fourth-order valence-electron chi connectivity index (χ4n) is 2.86. The largest absolute Gasteiger partial charge is 0.382 e. The molecule has 1 aliphatic rings. The predicted octanol–water partition coefficient (Wildman–Crippen LogP) is 2.55. The highest BCUT2D eigenvalue weighted by molar-refractivity contribution is 5.58. The van der Waals surface area contributed by atoms with E-state index in [1.807, 2.05) is 54.6 Å². The van der Waals surface area contributed by atoms with Crippen LogP contribution in [0, 0.1) is 0 Å². The van der Waals surface area contributed by atoms with Crippen LogP contribution in [0.5, 0.6) is 0 Å². The third kappa shape index (κ3) is 1.81. The van der Waals surface area contributed by atoms with Gasteiger partial charge < -0.3 is 15.2 Å². The Morgan fingerprint density at radius 2 is 1.43 bits per heavy atom. The van der Waals surface area contributed by atoms with Crippen LogP contribution in [0.15, 0.2) is 54.6 Å². The molecule has 21 heavy (non-hydrogen) atoms. The molecule has 0 bridgehead atoms. The number of fused-ring (bicyclic) bond motifs is 2. The Hall–Kier alpha value is -2.43. The zero-order valence-corrected chi connectivity index (χ0v) is 11.2. The van der Waals surface area contributed by atoms with Crippen LogP contribution < -0.4 is 0 Å². The van der Waals surface area contributed by atoms with Gasteiger partial charge in [-0.15, -0.1) is 0 Å². The Kier molecular flexibility index (Phi) is 2.67. The zero-order valence-electron chi connectivity index (χ0n) is 11.2. The third-order valence-electron chi connectivity index (χ3n) is 3.93. The first-order chi connectivity index (χ1) is 10.3. The molecule has 0 aliphatic heterocycles. The Morgan fingerprint density at radius 1 is 0.810 bits per heavy atom. The number of aromatic nitrogens is 2. The standard InChI is InChI=1S/C17H14N2O2/c20-15-11-8-4-5-9-12(11)16(21)14-13(15)18-17(19-14)10-6-2-1-3-7-10/h1-9,15-16,20-21H,(H,18,19). The lowest BCUT2D eigenvalue weighted by molar-refractivity contribution is 0.168. The summed E-state index contributed by atoms with van der Waals surface area (Å²) in [6.45, 7) is 0. The second-order valence-electron chi connectivity index (χ2n) is 5.18. The average molecular weight is 278 g/mol. The minimum atomic E-state index is -0.812. The van der Waals surface area contributed by atoms with Gasteiger partial charge in [-0.1, -0.05) is 54.6 Å². The highest BCUT2D eigenvalue weighted by atomic mass is 16.3. The number of imidazole rings is 1. The molecule has 0 amide bonds. The van der Waals surface area contributed by atoms with E-state index in [0.717, 1.165) is 11.1 Å². The van der Waals surface area contributed by atoms with E-state index in [1.54, 1.807) is 0 Å². The molecular formula is C17H14N2O2. The van der Waals surface area contributed by atoms with Crippen molar-refractivity contribution in [3.8, 4) is 11.4 Å². The van der Waals surface area contributed by atoms with Crippen LogP contribution in [-0.4, -0.2) is 20.2 Å². The maximum absolute atomic E-state index is 10.5. The van der Waals surface area contributed by atoms with Crippen LogP contribution in [0.4, 0.5) is 0 Å². The quantitative estimate of drug-likeness (QED) is 0.640. The van der Waals surface area contributed by atoms with Crippen molar-refractivity contribution in [2.75, 3.05) is 0 Å². The number of aliphatic hydroxyl groups is 2. The summed E-state index contributed by atoms with van der Waals surface area (Å²) < 4.78 is 0. The first-order valence-electron chi connectivity index (χ1n) is 6.86. The topological polar surface area (TPSA) is 69.1 Å². The minimum absolute atomic E-state index is 0.500. The van der Waals surface area contributed by atoms with Crippen LogP contribution in [-0.2, 0) is 0 Å². The van der Waals surface area contributed by atoms with Gasteiger partial charge in [0, 0.05) is 5.56 Å². The average Bonchev–Trinajstić information content (AvgIpc) is 2.99. The number of H-pyrrole nitrogens is 1. The number of hydrogen-bond donors (Lipinski definition) is 3. The first-order valence-corrected chi connectivity index (χ1v) is 6.86. The summed E-state index contributed by atoms with van der Waals surface area (Å²) >= 11 is 0. The maximum atomic E-state index is 10.5. The molecule has 2 atom stereocenters. The molecule has 4 rings (SSSR count). The summed E-state index contributed by atoms with van der Waals surface area (Å²) in [6, 6.07) is 17.0. The molecule has 2 aromatic carbocycles. The van der Waals surface area contributed by atoms with Crippen molar-refractivity contribution in [3.63, 3.8) is 0 Å². The monoisotopic (exact) mass is 278 g/mol. The summed E-state index contributed by atoms with van der Waals surface area (Å²) in [5, 5.41) is 21.0. The van der Waals surface area contributed by atoms with Gasteiger partial charge in [-0.2, -0.15) is 0 Å². The molecule has 2 unspecified atom stereocenters. The molecule has 3 N–H and O–H groups in total. The molecule has 1 aliphatic carbocycles. The van der Waals surface area contributed by atoms with Gasteiger partial charge in [0.15, 0.2) is 0 Å². The van der Waals surface area contributed by atoms with Gasteiger partial charge in [0.1, 0.15) is 18.0 Å². The van der Waals surface area contributed by atoms with Crippen molar-refractivity contribution in [2.45, 2.75) is 12.2 Å². The summed E-state index contributed by atoms with van der Waals surface area (Å²) in [5.74, 6) is 0.659. The number of nitrogens with one attached hydrogen (secondary N) is 1. The fraction of sp³-hybridized carbons (Fsp3) is 0.118. The maximum Gasteiger partial charge on any atom is 0.138 e. The van der Waals surface area contributed by atoms with E-state index < -0.39 is 12.2 Å². The summed E-state index contributed by atoms with van der Waals surface area (Å²) in [6.07, 6.45) is -1.60. The molecule has 0 saturated carbocycles. The van der Waals surface area contributed by atoms with Gasteiger partial charge in [0.2, 0.25) is 0 Å². The second-order valence-corrected chi connectivity index (χ2v) is 5.18. The summed E-state index contributed by atoms with van der Waals surface area (Å²) in [4.78, 5) is 7.64. The second kappa shape index (κ2) is 4.55. The van der Waals surface area contributed by atoms with Crippen molar-refractivity contribution >= 4 is 0 Å². The zero-order chi connectivity index (χ0) is 14.4. The van der Waals surface area contributed by atoms with E-state index in [2.05, 4.69) is 9.97 Å². The predicted molar refractivity (Wildman–Crippen MR) is 78.6 cm³/mol. The lowest BCUT2D eigenvalue weighted by Crippen LogP contribution is -2.17. The van der Waals surface area contributed by atoms with Crippen LogP contribution in [0.2, 0.25) is 0 Å². The van der Waals surface area contributed by atoms with E-state index in [1.165, 1.54) is 0 Å². The summed E-state index contributed by atoms with van der Waals surface area (Å²) in [5.41, 5.74) is 3.43. The van der Waals surface area contributed by atoms with Crippen LogP contribution in [0.3, 0.4) is 0 Å². The van der Waals surface area contributed by atoms with Crippen LogP contribution >= 0.6 is 0 Å². The Morgan fingerprint density at radius 3 is 2.14 bits per heavy atom. The smallest absolute Gasteiger partial charge is 0.138 e. The van der Waals surface area contributed by atoms with Gasteiger partial charge in [-0.25, -0.2) is 4.98 Å². The number of aromatic amines is 1. The Balaban J connectivity index is 1.87. The van der Waals surface area contributed by atoms with E-state index in [0.29, 0.717) is 22.8 Å². The van der Waals surface area contributed by atoms with Crippen LogP contribution in [0.1, 0.15) is 34.7 Å². The van der Waals surface area contributed by atoms with Gasteiger partial charge >= 0.3 is 0 Å². The van der Waals surface area contributed by atoms with Crippen molar-refractivity contribution < 1.29 is 10.2 Å². The van der Waals surface area contributed by atoms with Crippen LogP contribution in [0.25, 0.3) is 11.4 Å². The van der Waals surface area contributed by atoms with Crippen molar-refractivity contribution in [1.82, 2.24) is 9.97 Å². The van der Waals surface area contributed by atoms with Gasteiger partial charge in [0.25, 0.3) is 0 Å². The molecule has 1 heterocycles. The number of nitrogens with zero attached hydrogens (tertiary/aromatic N) is 1. The normalized spacial score (nSPS) is 19.9. The van der Waals surface area contributed by atoms with Crippen molar-refractivity contribution in [1.29, 1.82) is 0 Å². The van der Waals surface area contributed by atoms with E-state index in [4.69, 9.17) is 0 Å². The lowest BCUT2D eigenvalue weighted by Gasteiger charge is -2.24. The van der Waals surface area contributed by atoms with Gasteiger partial charge in [-0.3, -0.25) is 0 Å². The lowest BCUT2D eigenvalue weighted by atomic mass is 9.88. The highest BCUT2D eigenvalue weighted by Crippen LogP contribution is 2.40. The number of aliphatic hydroxyl groups excluding tert-OH is 2. The molecule has 3 aromatic rings. The molecule has 4 heteroatoms. The number of hydrogen-bond acceptors (Lipinski definition) is 3. The van der Waals surface area contributed by atoms with E-state index in [-0.39, 0.29) is 0 Å². The molecule has 0 spiro atoms. The fourth-order valence-corrected chi connectivity index (χ4v) is 2.86. The van der Waals surface area contributed by atoms with Gasteiger partial charge in [0.05, 0.1) is 11.4 Å². The van der Waals surface area contributed by atoms with E-state index in [9.17, 15) is 10.2 Å². The molecule has 0 radical (unpaired) electrons. The number of benzene rings is 2. The van der Waals surface area contributed by atoms with Crippen molar-refractivity contribution in [3.05, 3.63) is 77.1 Å². The Bertz CT molecular complexity index is 749. The Labute approximate surface area is 121 Å². The van der Waals surface area contributed by atoms with Crippen molar-refractivity contribution in [2.24, 2.45) is 0 Å². The minimum Gasteiger partial charge on any atom is -0.382 e. The molecular weight excluding hydrogens is 264 g/mol. The SMILES string of the molecule is OC1c2ccccc2C(O)c2[nH]c(-c3ccccc3)nc21. The third-order valence-corrected chi connectivity index (χ3v) is 3.93. The highest BCUT2D eigenvalue weighted by Gasteiger charge is 2.33. The molecule has 0 fully saturated rings. The first kappa shape index (κ1) is 12.3. The van der Waals surface area contributed by atoms with E-state index >= 15 is 0 Å². The molecule has 4 nitrogen and oxygen atoms in total. The number of rotatable bonds is 1. The van der Waals surface area contributed by atoms with Gasteiger partial charge in [-0.05, 0) is 11.1 Å². The molecule has 0 saturated heterocycles. The molecule has 1 aromatic heterocycles.